The molecule has 2 aromatic rings. The quantitative estimate of drug-likeness (QED) is 0.187. The predicted molar refractivity (Wildman–Crippen MR) is 145 cm³/mol. The second-order valence-corrected chi connectivity index (χ2v) is 10.4. The van der Waals surface area contributed by atoms with Gasteiger partial charge in [-0.3, -0.25) is 19.3 Å². The summed E-state index contributed by atoms with van der Waals surface area (Å²) in [6.45, 7) is 3.21. The number of halogens is 1. The molecule has 0 aromatic heterocycles. The van der Waals surface area contributed by atoms with Crippen LogP contribution in [0.25, 0.3) is 6.08 Å². The number of carbonyl (C=O) groups excluding carboxylic acids is 4. The van der Waals surface area contributed by atoms with Crippen molar-refractivity contribution in [2.45, 2.75) is 26.2 Å². The highest BCUT2D eigenvalue weighted by molar-refractivity contribution is 14.1. The highest BCUT2D eigenvalue weighted by Crippen LogP contribution is 2.35. The van der Waals surface area contributed by atoms with E-state index in [0.717, 1.165) is 39.5 Å². The van der Waals surface area contributed by atoms with Gasteiger partial charge < -0.3 is 14.4 Å². The lowest BCUT2D eigenvalue weighted by Crippen LogP contribution is -2.44. The number of imide groups is 1. The maximum Gasteiger partial charge on any atom is 0.344 e. The fourth-order valence-electron chi connectivity index (χ4n) is 3.91. The smallest absolute Gasteiger partial charge is 0.344 e. The largest absolute Gasteiger partial charge is 0.490 e. The van der Waals surface area contributed by atoms with Crippen LogP contribution in [0.4, 0.5) is 4.79 Å². The van der Waals surface area contributed by atoms with E-state index in [0.29, 0.717) is 36.6 Å². The van der Waals surface area contributed by atoms with Crippen molar-refractivity contribution in [2.75, 3.05) is 26.2 Å². The van der Waals surface area contributed by atoms with Crippen molar-refractivity contribution in [1.82, 2.24) is 9.80 Å². The molecule has 0 aliphatic carbocycles. The van der Waals surface area contributed by atoms with Crippen molar-refractivity contribution >= 4 is 63.5 Å². The Kier molecular flexibility index (Phi) is 8.68. The Balaban J connectivity index is 1.49. The van der Waals surface area contributed by atoms with Crippen molar-refractivity contribution in [1.29, 1.82) is 0 Å². The molecule has 3 amide bonds. The van der Waals surface area contributed by atoms with E-state index in [-0.39, 0.29) is 23.1 Å². The summed E-state index contributed by atoms with van der Waals surface area (Å²) >= 11 is 2.87. The first-order valence-electron chi connectivity index (χ1n) is 11.6. The van der Waals surface area contributed by atoms with Gasteiger partial charge in [0.2, 0.25) is 5.91 Å². The van der Waals surface area contributed by atoms with E-state index < -0.39 is 17.1 Å². The maximum atomic E-state index is 12.9. The molecule has 2 aliphatic heterocycles. The van der Waals surface area contributed by atoms with Gasteiger partial charge in [-0.1, -0.05) is 18.2 Å². The molecule has 8 nitrogen and oxygen atoms in total. The van der Waals surface area contributed by atoms with E-state index in [9.17, 15) is 19.2 Å². The number of thioether (sulfide) groups is 1. The molecule has 36 heavy (non-hydrogen) atoms. The van der Waals surface area contributed by atoms with Crippen molar-refractivity contribution in [2.24, 2.45) is 0 Å². The van der Waals surface area contributed by atoms with Crippen molar-refractivity contribution in [3.8, 4) is 11.5 Å². The third kappa shape index (κ3) is 6.09. The predicted octanol–water partition coefficient (Wildman–Crippen LogP) is 4.96. The average Bonchev–Trinajstić information content (AvgIpc) is 3.13. The van der Waals surface area contributed by atoms with Crippen LogP contribution in [0, 0.1) is 3.57 Å². The molecule has 2 heterocycles. The van der Waals surface area contributed by atoms with Gasteiger partial charge in [0.1, 0.15) is 6.54 Å². The van der Waals surface area contributed by atoms with Crippen molar-refractivity contribution in [3.05, 3.63) is 62.1 Å². The first-order valence-corrected chi connectivity index (χ1v) is 13.5. The molecular formula is C26H25IN2O6S. The lowest BCUT2D eigenvalue weighted by Gasteiger charge is -2.27. The van der Waals surface area contributed by atoms with E-state index in [1.165, 1.54) is 0 Å². The number of likely N-dealkylation sites (tertiary alicyclic amines) is 1. The first-order chi connectivity index (χ1) is 17.4. The number of hydrogen-bond acceptors (Lipinski definition) is 7. The Morgan fingerprint density at radius 3 is 2.53 bits per heavy atom. The summed E-state index contributed by atoms with van der Waals surface area (Å²) in [4.78, 5) is 53.5. The van der Waals surface area contributed by atoms with Gasteiger partial charge in [-0.05, 0) is 96.4 Å². The van der Waals surface area contributed by atoms with Gasteiger partial charge in [0.25, 0.3) is 11.1 Å². The third-order valence-electron chi connectivity index (χ3n) is 5.74. The van der Waals surface area contributed by atoms with Crippen molar-refractivity contribution in [3.63, 3.8) is 0 Å². The van der Waals surface area contributed by atoms with Crippen molar-refractivity contribution < 1.29 is 28.7 Å². The number of esters is 1. The van der Waals surface area contributed by atoms with Gasteiger partial charge in [0.15, 0.2) is 11.5 Å². The fourth-order valence-corrected chi connectivity index (χ4v) is 5.36. The Hall–Kier alpha value is -2.86. The second kappa shape index (κ2) is 11.9. The van der Waals surface area contributed by atoms with Crippen LogP contribution in [0.5, 0.6) is 11.5 Å². The van der Waals surface area contributed by atoms with Crippen LogP contribution < -0.4 is 9.47 Å². The molecule has 0 atom stereocenters. The van der Waals surface area contributed by atoms with Crippen LogP contribution in [0.2, 0.25) is 0 Å². The number of benzene rings is 2. The standard InChI is InChI=1S/C26H25IN2O6S/c1-2-34-21-14-17(10-11-20(21)35-25(32)18-8-4-5-9-19(18)27)15-22-24(31)29(26(33)36-22)16-23(30)28-12-6-3-7-13-28/h4-5,8-11,14-15H,2-3,6-7,12-13,16H2,1H3/b22-15-. The van der Waals surface area contributed by atoms with Crippen LogP contribution in [0.3, 0.4) is 0 Å². The Labute approximate surface area is 227 Å². The number of piperidine rings is 1. The molecule has 188 valence electrons. The first kappa shape index (κ1) is 26.2. The van der Waals surface area contributed by atoms with Gasteiger partial charge in [-0.15, -0.1) is 0 Å². The van der Waals surface area contributed by atoms with Crippen LogP contribution in [-0.2, 0) is 9.59 Å². The lowest BCUT2D eigenvalue weighted by molar-refractivity contribution is -0.136. The van der Waals surface area contributed by atoms with E-state index in [4.69, 9.17) is 9.47 Å². The molecule has 0 N–H and O–H groups in total. The number of rotatable bonds is 7. The lowest BCUT2D eigenvalue weighted by atomic mass is 10.1. The summed E-state index contributed by atoms with van der Waals surface area (Å²) in [5.74, 6) is -0.629. The molecule has 10 heteroatoms. The molecule has 4 rings (SSSR count). The molecule has 0 unspecified atom stereocenters. The molecular weight excluding hydrogens is 595 g/mol. The second-order valence-electron chi connectivity index (χ2n) is 8.22. The van der Waals surface area contributed by atoms with Gasteiger partial charge in [-0.25, -0.2) is 4.79 Å². The molecule has 2 aliphatic rings. The number of ether oxygens (including phenoxy) is 2. The van der Waals surface area contributed by atoms with Gasteiger partial charge in [0, 0.05) is 16.7 Å². The monoisotopic (exact) mass is 620 g/mol. The number of carbonyl (C=O) groups is 4. The molecule has 2 saturated heterocycles. The zero-order valence-electron chi connectivity index (χ0n) is 19.7. The van der Waals surface area contributed by atoms with E-state index in [2.05, 4.69) is 22.6 Å². The Bertz CT molecular complexity index is 1220. The summed E-state index contributed by atoms with van der Waals surface area (Å²) in [5, 5.41) is -0.468. The summed E-state index contributed by atoms with van der Waals surface area (Å²) < 4.78 is 12.0. The number of hydrogen-bond donors (Lipinski definition) is 0. The minimum Gasteiger partial charge on any atom is -0.490 e. The Morgan fingerprint density at radius 1 is 1.06 bits per heavy atom. The summed E-state index contributed by atoms with van der Waals surface area (Å²) in [5.41, 5.74) is 1.04. The van der Waals surface area contributed by atoms with Gasteiger partial charge >= 0.3 is 5.97 Å². The molecule has 0 spiro atoms. The van der Waals surface area contributed by atoms with Crippen LogP contribution in [0.1, 0.15) is 42.1 Å². The normalized spacial score (nSPS) is 17.0. The zero-order valence-corrected chi connectivity index (χ0v) is 22.7. The summed E-state index contributed by atoms with van der Waals surface area (Å²) in [7, 11) is 0. The van der Waals surface area contributed by atoms with E-state index >= 15 is 0 Å². The molecule has 0 bridgehead atoms. The van der Waals surface area contributed by atoms with Gasteiger partial charge in [0.05, 0.1) is 17.1 Å². The summed E-state index contributed by atoms with van der Waals surface area (Å²) in [6.07, 6.45) is 4.53. The highest BCUT2D eigenvalue weighted by Gasteiger charge is 2.37. The SMILES string of the molecule is CCOc1cc(/C=C2\SC(=O)N(CC(=O)N3CCCCC3)C2=O)ccc1OC(=O)c1ccccc1I. The molecule has 2 aromatic carbocycles. The topological polar surface area (TPSA) is 93.2 Å². The van der Waals surface area contributed by atoms with Crippen LogP contribution in [-0.4, -0.2) is 59.1 Å². The fraction of sp³-hybridized carbons (Fsp3) is 0.308. The Morgan fingerprint density at radius 2 is 1.81 bits per heavy atom. The third-order valence-corrected chi connectivity index (χ3v) is 7.59. The number of amides is 3. The number of nitrogens with zero attached hydrogens (tertiary/aromatic N) is 2. The minimum absolute atomic E-state index is 0.212. The van der Waals surface area contributed by atoms with E-state index in [1.807, 2.05) is 19.1 Å². The van der Waals surface area contributed by atoms with Gasteiger partial charge in [-0.2, -0.15) is 0 Å². The summed E-state index contributed by atoms with van der Waals surface area (Å²) in [6, 6.07) is 12.0. The molecule has 2 fully saturated rings. The molecule has 0 radical (unpaired) electrons. The maximum absolute atomic E-state index is 12.9. The molecule has 0 saturated carbocycles. The zero-order chi connectivity index (χ0) is 25.7. The van der Waals surface area contributed by atoms with Crippen LogP contribution >= 0.6 is 34.4 Å². The van der Waals surface area contributed by atoms with Crippen LogP contribution in [0.15, 0.2) is 47.4 Å². The average molecular weight is 620 g/mol. The minimum atomic E-state index is -0.506. The highest BCUT2D eigenvalue weighted by atomic mass is 127. The van der Waals surface area contributed by atoms with E-state index in [1.54, 1.807) is 41.3 Å².